The Bertz CT molecular complexity index is 1690. The molecule has 1 aliphatic carbocycles. The highest BCUT2D eigenvalue weighted by Crippen LogP contribution is 2.43. The molecule has 0 spiro atoms. The molecule has 37 heavy (non-hydrogen) atoms. The van der Waals surface area contributed by atoms with Crippen molar-refractivity contribution in [2.24, 2.45) is 0 Å². The van der Waals surface area contributed by atoms with E-state index in [4.69, 9.17) is 9.40 Å². The molecule has 2 aromatic heterocycles. The molecule has 7 rings (SSSR count). The third-order valence-corrected chi connectivity index (χ3v) is 7.95. The Hall–Kier alpha value is -4.17. The van der Waals surface area contributed by atoms with Crippen LogP contribution in [0.5, 0.6) is 0 Å². The van der Waals surface area contributed by atoms with Gasteiger partial charge < -0.3 is 4.42 Å². The number of rotatable bonds is 4. The lowest BCUT2D eigenvalue weighted by atomic mass is 9.84. The molecule has 1 aliphatic rings. The van der Waals surface area contributed by atoms with Crippen LogP contribution in [0.25, 0.3) is 55.4 Å². The van der Waals surface area contributed by atoms with Crippen molar-refractivity contribution in [1.82, 2.24) is 4.98 Å². The fourth-order valence-corrected chi connectivity index (χ4v) is 6.03. The van der Waals surface area contributed by atoms with Gasteiger partial charge in [0.2, 0.25) is 0 Å². The van der Waals surface area contributed by atoms with Gasteiger partial charge in [-0.1, -0.05) is 92.1 Å². The van der Waals surface area contributed by atoms with Crippen LogP contribution < -0.4 is 0 Å². The van der Waals surface area contributed by atoms with Crippen LogP contribution in [-0.4, -0.2) is 4.98 Å². The zero-order valence-electron chi connectivity index (χ0n) is 20.9. The van der Waals surface area contributed by atoms with Crippen LogP contribution in [0.4, 0.5) is 0 Å². The van der Waals surface area contributed by atoms with Crippen LogP contribution in [0, 0.1) is 0 Å². The molecule has 1 fully saturated rings. The number of benzene rings is 4. The van der Waals surface area contributed by atoms with E-state index in [0.29, 0.717) is 5.92 Å². The number of pyridine rings is 1. The molecular weight excluding hydrogens is 450 g/mol. The van der Waals surface area contributed by atoms with Gasteiger partial charge in [-0.25, -0.2) is 0 Å². The van der Waals surface area contributed by atoms with E-state index < -0.39 is 0 Å². The first kappa shape index (κ1) is 22.1. The maximum absolute atomic E-state index is 6.64. The molecule has 0 aliphatic heterocycles. The fraction of sp³-hybridized carbons (Fsp3) is 0.171. The number of hydrogen-bond donors (Lipinski definition) is 0. The van der Waals surface area contributed by atoms with Crippen LogP contribution in [0.1, 0.15) is 43.6 Å². The summed E-state index contributed by atoms with van der Waals surface area (Å²) < 4.78 is 6.64. The second-order valence-electron chi connectivity index (χ2n) is 10.2. The number of nitrogens with zero attached hydrogens (tertiary/aromatic N) is 1. The summed E-state index contributed by atoms with van der Waals surface area (Å²) >= 11 is 0. The Morgan fingerprint density at radius 1 is 0.622 bits per heavy atom. The Morgan fingerprint density at radius 2 is 1.35 bits per heavy atom. The first-order valence-electron chi connectivity index (χ1n) is 13.4. The van der Waals surface area contributed by atoms with Crippen molar-refractivity contribution in [2.75, 3.05) is 0 Å². The zero-order valence-corrected chi connectivity index (χ0v) is 20.9. The average Bonchev–Trinajstić information content (AvgIpc) is 3.37. The van der Waals surface area contributed by atoms with Gasteiger partial charge in [-0.15, -0.1) is 0 Å². The Balaban J connectivity index is 1.46. The molecule has 2 nitrogen and oxygen atoms in total. The van der Waals surface area contributed by atoms with E-state index in [1.807, 2.05) is 6.20 Å². The third-order valence-electron chi connectivity index (χ3n) is 7.95. The van der Waals surface area contributed by atoms with Crippen molar-refractivity contribution in [2.45, 2.75) is 38.0 Å². The van der Waals surface area contributed by atoms with Gasteiger partial charge in [-0.3, -0.25) is 4.98 Å². The van der Waals surface area contributed by atoms with Gasteiger partial charge in [0.25, 0.3) is 0 Å². The summed E-state index contributed by atoms with van der Waals surface area (Å²) in [5.41, 5.74) is 10.1. The van der Waals surface area contributed by atoms with E-state index >= 15 is 0 Å². The number of fused-ring (bicyclic) bond motifs is 3. The maximum atomic E-state index is 6.64. The number of aromatic nitrogens is 1. The molecule has 0 N–H and O–H groups in total. The van der Waals surface area contributed by atoms with Crippen LogP contribution in [0.3, 0.4) is 0 Å². The SMILES string of the molecule is c1ccc(-c2ccc3oc4c(-c5cc(C6CCCCC6)ccn5)ccc(-c5ccccc5)c4c3c2)cc1. The largest absolute Gasteiger partial charge is 0.455 e. The van der Waals surface area contributed by atoms with Crippen molar-refractivity contribution >= 4 is 21.9 Å². The summed E-state index contributed by atoms with van der Waals surface area (Å²) in [7, 11) is 0. The summed E-state index contributed by atoms with van der Waals surface area (Å²) in [6.45, 7) is 0. The highest BCUT2D eigenvalue weighted by Gasteiger charge is 2.20. The smallest absolute Gasteiger partial charge is 0.145 e. The van der Waals surface area contributed by atoms with E-state index in [1.165, 1.54) is 59.9 Å². The third kappa shape index (κ3) is 4.03. The number of hydrogen-bond acceptors (Lipinski definition) is 2. The maximum Gasteiger partial charge on any atom is 0.145 e. The second-order valence-corrected chi connectivity index (χ2v) is 10.2. The minimum absolute atomic E-state index is 0.638. The van der Waals surface area contributed by atoms with E-state index in [9.17, 15) is 0 Å². The second kappa shape index (κ2) is 9.37. The molecule has 2 heteroatoms. The predicted molar refractivity (Wildman–Crippen MR) is 154 cm³/mol. The lowest BCUT2D eigenvalue weighted by Crippen LogP contribution is -2.04. The van der Waals surface area contributed by atoms with Crippen LogP contribution >= 0.6 is 0 Å². The summed E-state index contributed by atoms with van der Waals surface area (Å²) in [6.07, 6.45) is 8.54. The van der Waals surface area contributed by atoms with Crippen LogP contribution in [0.2, 0.25) is 0 Å². The molecule has 0 bridgehead atoms. The van der Waals surface area contributed by atoms with Crippen molar-refractivity contribution < 1.29 is 4.42 Å². The quantitative estimate of drug-likeness (QED) is 0.251. The summed E-state index contributed by atoms with van der Waals surface area (Å²) in [5, 5.41) is 2.29. The van der Waals surface area contributed by atoms with Gasteiger partial charge in [0.15, 0.2) is 0 Å². The number of furan rings is 1. The van der Waals surface area contributed by atoms with Gasteiger partial charge in [-0.2, -0.15) is 0 Å². The van der Waals surface area contributed by atoms with Gasteiger partial charge in [-0.05, 0) is 76.9 Å². The molecule has 0 amide bonds. The highest BCUT2D eigenvalue weighted by molar-refractivity contribution is 6.16. The molecule has 2 heterocycles. The average molecular weight is 480 g/mol. The molecule has 6 aromatic rings. The minimum atomic E-state index is 0.638. The molecule has 180 valence electrons. The van der Waals surface area contributed by atoms with E-state index in [1.54, 1.807) is 0 Å². The minimum Gasteiger partial charge on any atom is -0.455 e. The highest BCUT2D eigenvalue weighted by atomic mass is 16.3. The van der Waals surface area contributed by atoms with Gasteiger partial charge in [0.05, 0.1) is 5.69 Å². The lowest BCUT2D eigenvalue weighted by Gasteiger charge is -2.22. The normalized spacial score (nSPS) is 14.4. The van der Waals surface area contributed by atoms with Crippen LogP contribution in [-0.2, 0) is 0 Å². The van der Waals surface area contributed by atoms with Gasteiger partial charge in [0, 0.05) is 22.5 Å². The Labute approximate surface area is 217 Å². The molecule has 4 aromatic carbocycles. The topological polar surface area (TPSA) is 26.0 Å². The van der Waals surface area contributed by atoms with Crippen molar-refractivity contribution in [1.29, 1.82) is 0 Å². The molecule has 0 radical (unpaired) electrons. The monoisotopic (exact) mass is 479 g/mol. The molecule has 0 saturated heterocycles. The van der Waals surface area contributed by atoms with Crippen molar-refractivity contribution in [3.63, 3.8) is 0 Å². The zero-order chi connectivity index (χ0) is 24.6. The molecular formula is C35H29NO. The summed E-state index contributed by atoms with van der Waals surface area (Å²) in [4.78, 5) is 4.83. The first-order valence-corrected chi connectivity index (χ1v) is 13.4. The van der Waals surface area contributed by atoms with E-state index in [-0.39, 0.29) is 0 Å². The van der Waals surface area contributed by atoms with Gasteiger partial charge in [0.1, 0.15) is 11.2 Å². The van der Waals surface area contributed by atoms with Crippen LogP contribution in [0.15, 0.2) is 114 Å². The fourth-order valence-electron chi connectivity index (χ4n) is 6.03. The molecule has 1 saturated carbocycles. The predicted octanol–water partition coefficient (Wildman–Crippen LogP) is 10.0. The molecule has 0 unspecified atom stereocenters. The van der Waals surface area contributed by atoms with Crippen molar-refractivity contribution in [3.05, 3.63) is 115 Å². The summed E-state index contributed by atoms with van der Waals surface area (Å²) in [6, 6.07) is 36.7. The summed E-state index contributed by atoms with van der Waals surface area (Å²) in [5.74, 6) is 0.638. The van der Waals surface area contributed by atoms with E-state index in [0.717, 1.165) is 33.2 Å². The standard InChI is InChI=1S/C35H29NO/c1-4-10-24(11-5-1)27-16-19-33-31(22-27)34-29(26-14-8-3-9-15-26)17-18-30(35(34)37-33)32-23-28(20-21-36-32)25-12-6-2-7-13-25/h1,3-5,8-11,14-23,25H,2,6-7,12-13H2. The Kier molecular flexibility index (Phi) is 5.59. The van der Waals surface area contributed by atoms with Gasteiger partial charge >= 0.3 is 0 Å². The van der Waals surface area contributed by atoms with Crippen molar-refractivity contribution in [3.8, 4) is 33.5 Å². The van der Waals surface area contributed by atoms with E-state index in [2.05, 4.69) is 103 Å². The Morgan fingerprint density at radius 3 is 2.14 bits per heavy atom. The lowest BCUT2D eigenvalue weighted by molar-refractivity contribution is 0.443. The molecule has 0 atom stereocenters. The first-order chi connectivity index (χ1) is 18.3.